The summed E-state index contributed by atoms with van der Waals surface area (Å²) in [6.45, 7) is 2.29. The molecule has 0 atom stereocenters. The second kappa shape index (κ2) is 6.38. The van der Waals surface area contributed by atoms with E-state index in [4.69, 9.17) is 4.42 Å². The lowest BCUT2D eigenvalue weighted by Gasteiger charge is -2.35. The van der Waals surface area contributed by atoms with Gasteiger partial charge < -0.3 is 14.4 Å². The highest BCUT2D eigenvalue weighted by Gasteiger charge is 2.32. The molecule has 2 aromatic rings. The Morgan fingerprint density at radius 1 is 1.26 bits per heavy atom. The fraction of sp³-hybridized carbons (Fsp3) is 0.333. The summed E-state index contributed by atoms with van der Waals surface area (Å²) in [6, 6.07) is 11.7. The number of aryl methyl sites for hydroxylation is 3. The summed E-state index contributed by atoms with van der Waals surface area (Å²) in [5, 5.41) is 9.28. The number of rotatable bonds is 4. The van der Waals surface area contributed by atoms with E-state index < -0.39 is 11.7 Å². The number of hydrogen-bond donors (Lipinski definition) is 1. The monoisotopic (exact) mass is 313 g/mol. The third kappa shape index (κ3) is 3.35. The van der Waals surface area contributed by atoms with Gasteiger partial charge in [-0.3, -0.25) is 4.79 Å². The van der Waals surface area contributed by atoms with Crippen molar-refractivity contribution < 1.29 is 14.3 Å². The molecule has 2 heterocycles. The Kier molecular flexibility index (Phi) is 4.30. The number of nitrogens with zero attached hydrogens (tertiary/aromatic N) is 1. The van der Waals surface area contributed by atoms with Crippen molar-refractivity contribution >= 4 is 5.91 Å². The number of carbonyl (C=O) groups excluding carboxylic acids is 1. The molecule has 120 valence electrons. The summed E-state index contributed by atoms with van der Waals surface area (Å²) in [7, 11) is 0. The first kappa shape index (κ1) is 15.5. The summed E-state index contributed by atoms with van der Waals surface area (Å²) in [5.74, 6) is 0.215. The number of hydrogen-bond acceptors (Lipinski definition) is 4. The highest BCUT2D eigenvalue weighted by molar-refractivity contribution is 5.95. The topological polar surface area (TPSA) is 70.8 Å². The van der Waals surface area contributed by atoms with Crippen molar-refractivity contribution in [3.05, 3.63) is 69.3 Å². The SMILES string of the molecule is Cc1cc(CCc2ccccc2)oc(=O)c1C(=O)N1CC(O)C1. The van der Waals surface area contributed by atoms with Crippen LogP contribution < -0.4 is 5.63 Å². The standard InChI is InChI=1S/C18H19NO4/c1-12-9-15(8-7-13-5-3-2-4-6-13)23-18(22)16(12)17(21)19-10-14(20)11-19/h2-6,9,14,20H,7-8,10-11H2,1H3. The molecule has 1 aromatic carbocycles. The van der Waals surface area contributed by atoms with Gasteiger partial charge in [0.1, 0.15) is 11.3 Å². The van der Waals surface area contributed by atoms with Gasteiger partial charge in [0.2, 0.25) is 0 Å². The number of amides is 1. The lowest BCUT2D eigenvalue weighted by atomic mass is 10.0. The van der Waals surface area contributed by atoms with Crippen molar-refractivity contribution in [2.75, 3.05) is 13.1 Å². The van der Waals surface area contributed by atoms with Crippen LogP contribution in [0, 0.1) is 6.92 Å². The molecule has 1 aromatic heterocycles. The maximum Gasteiger partial charge on any atom is 0.349 e. The molecule has 0 aliphatic carbocycles. The van der Waals surface area contributed by atoms with Gasteiger partial charge in [-0.25, -0.2) is 4.79 Å². The molecule has 0 unspecified atom stereocenters. The number of benzene rings is 1. The van der Waals surface area contributed by atoms with Gasteiger partial charge in [0.05, 0.1) is 6.10 Å². The van der Waals surface area contributed by atoms with Crippen LogP contribution in [0.5, 0.6) is 0 Å². The Morgan fingerprint density at radius 2 is 1.96 bits per heavy atom. The summed E-state index contributed by atoms with van der Waals surface area (Å²) in [6.07, 6.45) is 0.891. The van der Waals surface area contributed by atoms with E-state index in [1.807, 2.05) is 30.3 Å². The van der Waals surface area contributed by atoms with Crippen LogP contribution in [-0.4, -0.2) is 35.1 Å². The molecule has 0 radical (unpaired) electrons. The zero-order valence-corrected chi connectivity index (χ0v) is 13.0. The van der Waals surface area contributed by atoms with Gasteiger partial charge in [0.25, 0.3) is 5.91 Å². The first-order chi connectivity index (χ1) is 11.0. The first-order valence-electron chi connectivity index (χ1n) is 7.69. The fourth-order valence-corrected chi connectivity index (χ4v) is 2.74. The van der Waals surface area contributed by atoms with E-state index in [9.17, 15) is 14.7 Å². The lowest BCUT2D eigenvalue weighted by Crippen LogP contribution is -2.54. The van der Waals surface area contributed by atoms with E-state index in [0.29, 0.717) is 17.7 Å². The van der Waals surface area contributed by atoms with E-state index in [2.05, 4.69) is 0 Å². The molecule has 0 spiro atoms. The third-order valence-corrected chi connectivity index (χ3v) is 4.07. The molecule has 1 aliphatic heterocycles. The lowest BCUT2D eigenvalue weighted by molar-refractivity contribution is 0.00552. The van der Waals surface area contributed by atoms with Gasteiger partial charge in [0.15, 0.2) is 0 Å². The quantitative estimate of drug-likeness (QED) is 0.930. The number of aliphatic hydroxyl groups is 1. The minimum atomic E-state index is -0.598. The Balaban J connectivity index is 1.75. The minimum absolute atomic E-state index is 0.0698. The van der Waals surface area contributed by atoms with Gasteiger partial charge in [-0.15, -0.1) is 0 Å². The summed E-state index contributed by atoms with van der Waals surface area (Å²) < 4.78 is 5.31. The van der Waals surface area contributed by atoms with Crippen LogP contribution in [0.25, 0.3) is 0 Å². The Morgan fingerprint density at radius 3 is 2.57 bits per heavy atom. The molecule has 1 N–H and O–H groups in total. The summed E-state index contributed by atoms with van der Waals surface area (Å²) in [4.78, 5) is 25.9. The number of β-amino-alcohol motifs (C(OH)–C–C–N with tert-alkyl or cyclic N) is 1. The van der Waals surface area contributed by atoms with Crippen LogP contribution >= 0.6 is 0 Å². The molecule has 1 amide bonds. The smallest absolute Gasteiger partial charge is 0.349 e. The molecule has 1 fully saturated rings. The molecular weight excluding hydrogens is 294 g/mol. The summed E-state index contributed by atoms with van der Waals surface area (Å²) in [5.41, 5.74) is 1.26. The van der Waals surface area contributed by atoms with E-state index in [0.717, 1.165) is 6.42 Å². The van der Waals surface area contributed by atoms with E-state index in [1.165, 1.54) is 10.5 Å². The molecule has 1 saturated heterocycles. The highest BCUT2D eigenvalue weighted by atomic mass is 16.4. The van der Waals surface area contributed by atoms with Crippen LogP contribution in [0.15, 0.2) is 45.6 Å². The molecule has 1 aliphatic rings. The van der Waals surface area contributed by atoms with Crippen LogP contribution in [0.2, 0.25) is 0 Å². The van der Waals surface area contributed by atoms with Crippen molar-refractivity contribution in [3.8, 4) is 0 Å². The molecule has 5 nitrogen and oxygen atoms in total. The van der Waals surface area contributed by atoms with Crippen LogP contribution in [0.3, 0.4) is 0 Å². The van der Waals surface area contributed by atoms with Gasteiger partial charge in [-0.2, -0.15) is 0 Å². The maximum atomic E-state index is 12.3. The second-order valence-corrected chi connectivity index (χ2v) is 5.91. The predicted octanol–water partition coefficient (Wildman–Crippen LogP) is 1.55. The molecule has 3 rings (SSSR count). The van der Waals surface area contributed by atoms with Gasteiger partial charge in [-0.1, -0.05) is 30.3 Å². The normalized spacial score (nSPS) is 14.6. The molecule has 23 heavy (non-hydrogen) atoms. The average molecular weight is 313 g/mol. The fourth-order valence-electron chi connectivity index (χ4n) is 2.74. The zero-order chi connectivity index (χ0) is 16.4. The van der Waals surface area contributed by atoms with Crippen LogP contribution in [-0.2, 0) is 12.8 Å². The number of likely N-dealkylation sites (tertiary alicyclic amines) is 1. The largest absolute Gasteiger partial charge is 0.427 e. The average Bonchev–Trinajstić information content (AvgIpc) is 2.50. The van der Waals surface area contributed by atoms with Gasteiger partial charge >= 0.3 is 5.63 Å². The van der Waals surface area contributed by atoms with Crippen LogP contribution in [0.1, 0.15) is 27.2 Å². The first-order valence-corrected chi connectivity index (χ1v) is 7.69. The van der Waals surface area contributed by atoms with E-state index in [1.54, 1.807) is 13.0 Å². The van der Waals surface area contributed by atoms with Crippen molar-refractivity contribution in [3.63, 3.8) is 0 Å². The Bertz CT molecular complexity index is 760. The molecule has 5 heteroatoms. The number of carbonyl (C=O) groups is 1. The van der Waals surface area contributed by atoms with E-state index in [-0.39, 0.29) is 24.6 Å². The number of aliphatic hydroxyl groups excluding tert-OH is 1. The second-order valence-electron chi connectivity index (χ2n) is 5.91. The molecular formula is C18H19NO4. The molecule has 0 bridgehead atoms. The van der Waals surface area contributed by atoms with Crippen LogP contribution in [0.4, 0.5) is 0 Å². The maximum absolute atomic E-state index is 12.3. The Hall–Kier alpha value is -2.40. The van der Waals surface area contributed by atoms with E-state index >= 15 is 0 Å². The molecule has 0 saturated carbocycles. The summed E-state index contributed by atoms with van der Waals surface area (Å²) >= 11 is 0. The van der Waals surface area contributed by atoms with Gasteiger partial charge in [0, 0.05) is 19.5 Å². The Labute approximate surface area is 134 Å². The highest BCUT2D eigenvalue weighted by Crippen LogP contribution is 2.16. The van der Waals surface area contributed by atoms with Gasteiger partial charge in [-0.05, 0) is 30.5 Å². The van der Waals surface area contributed by atoms with Crippen molar-refractivity contribution in [2.24, 2.45) is 0 Å². The van der Waals surface area contributed by atoms with Crippen molar-refractivity contribution in [1.29, 1.82) is 0 Å². The third-order valence-electron chi connectivity index (χ3n) is 4.07. The van der Waals surface area contributed by atoms with Crippen molar-refractivity contribution in [1.82, 2.24) is 4.90 Å². The predicted molar refractivity (Wildman–Crippen MR) is 85.5 cm³/mol. The van der Waals surface area contributed by atoms with Crippen molar-refractivity contribution in [2.45, 2.75) is 25.9 Å². The zero-order valence-electron chi connectivity index (χ0n) is 13.0. The minimum Gasteiger partial charge on any atom is -0.427 e.